The van der Waals surface area contributed by atoms with E-state index in [-0.39, 0.29) is 41.5 Å². The average molecular weight is 472 g/mol. The fourth-order valence-electron chi connectivity index (χ4n) is 6.18. The molecule has 32 heavy (non-hydrogen) atoms. The van der Waals surface area contributed by atoms with E-state index in [1.54, 1.807) is 0 Å². The Morgan fingerprint density at radius 2 is 1.72 bits per heavy atom. The van der Waals surface area contributed by atoms with E-state index >= 15 is 0 Å². The van der Waals surface area contributed by atoms with Gasteiger partial charge in [0.1, 0.15) is 12.2 Å². The minimum absolute atomic E-state index is 0.0712. The lowest BCUT2D eigenvalue weighted by Crippen LogP contribution is -2.43. The van der Waals surface area contributed by atoms with Crippen LogP contribution < -0.4 is 0 Å². The summed E-state index contributed by atoms with van der Waals surface area (Å²) in [5.74, 6) is -4.04. The number of hydrogen-bond acceptors (Lipinski definition) is 10. The SMILES string of the molecule is CC1CC2CC1C(=O)OC2OC(=O)CC(C(=O)OC1C2CC3C(=O)OC1C3C2)S(=O)(=O)O. The summed E-state index contributed by atoms with van der Waals surface area (Å²) in [6, 6.07) is 0. The van der Waals surface area contributed by atoms with Gasteiger partial charge in [-0.15, -0.1) is 0 Å². The second kappa shape index (κ2) is 7.41. The van der Waals surface area contributed by atoms with Crippen LogP contribution in [-0.2, 0) is 48.2 Å². The van der Waals surface area contributed by atoms with E-state index in [4.69, 9.17) is 18.9 Å². The molecule has 3 aliphatic carbocycles. The Hall–Kier alpha value is -2.21. The third-order valence-electron chi connectivity index (χ3n) is 7.73. The summed E-state index contributed by atoms with van der Waals surface area (Å²) in [5, 5.41) is -2.20. The first-order valence-corrected chi connectivity index (χ1v) is 12.3. The molecule has 10 atom stereocenters. The lowest BCUT2D eigenvalue weighted by Gasteiger charge is -2.29. The minimum Gasteiger partial charge on any atom is -0.458 e. The number of carbonyl (C=O) groups excluding carboxylic acids is 4. The Balaban J connectivity index is 1.23. The molecule has 0 aromatic carbocycles. The lowest BCUT2D eigenvalue weighted by atomic mass is 9.88. The van der Waals surface area contributed by atoms with Crippen molar-refractivity contribution in [3.05, 3.63) is 0 Å². The number of carbonyl (C=O) groups is 4. The molecule has 0 aromatic heterocycles. The first kappa shape index (κ1) is 21.6. The summed E-state index contributed by atoms with van der Waals surface area (Å²) in [7, 11) is -5.00. The van der Waals surface area contributed by atoms with Gasteiger partial charge in [-0.3, -0.25) is 23.7 Å². The molecule has 3 saturated carbocycles. The van der Waals surface area contributed by atoms with Crippen LogP contribution in [-0.4, -0.2) is 60.6 Å². The Bertz CT molecular complexity index is 974. The summed E-state index contributed by atoms with van der Waals surface area (Å²) in [5.41, 5.74) is 0. The smallest absolute Gasteiger partial charge is 0.327 e. The Labute approximate surface area is 183 Å². The third-order valence-corrected chi connectivity index (χ3v) is 8.80. The molecule has 2 heterocycles. The van der Waals surface area contributed by atoms with Crippen molar-refractivity contribution in [3.8, 4) is 0 Å². The third kappa shape index (κ3) is 3.47. The van der Waals surface area contributed by atoms with Gasteiger partial charge in [-0.2, -0.15) is 8.42 Å². The highest BCUT2D eigenvalue weighted by atomic mass is 32.2. The van der Waals surface area contributed by atoms with Crippen LogP contribution in [0.25, 0.3) is 0 Å². The van der Waals surface area contributed by atoms with Gasteiger partial charge >= 0.3 is 23.9 Å². The summed E-state index contributed by atoms with van der Waals surface area (Å²) in [4.78, 5) is 48.9. The van der Waals surface area contributed by atoms with Crippen LogP contribution >= 0.6 is 0 Å². The van der Waals surface area contributed by atoms with Crippen LogP contribution in [0.4, 0.5) is 0 Å². The van der Waals surface area contributed by atoms with E-state index in [2.05, 4.69) is 0 Å². The highest BCUT2D eigenvalue weighted by Gasteiger charge is 2.63. The molecule has 2 saturated heterocycles. The number of ether oxygens (including phenoxy) is 4. The fraction of sp³-hybridized carbons (Fsp3) is 0.800. The maximum Gasteiger partial charge on any atom is 0.327 e. The summed E-state index contributed by atoms with van der Waals surface area (Å²) >= 11 is 0. The van der Waals surface area contributed by atoms with E-state index in [0.29, 0.717) is 25.7 Å². The highest BCUT2D eigenvalue weighted by molar-refractivity contribution is 7.87. The van der Waals surface area contributed by atoms with Gasteiger partial charge in [0, 0.05) is 17.8 Å². The Morgan fingerprint density at radius 3 is 2.44 bits per heavy atom. The van der Waals surface area contributed by atoms with Crippen molar-refractivity contribution in [2.45, 2.75) is 62.8 Å². The van der Waals surface area contributed by atoms with Gasteiger partial charge in [0.15, 0.2) is 5.25 Å². The largest absolute Gasteiger partial charge is 0.458 e. The summed E-state index contributed by atoms with van der Waals surface area (Å²) < 4.78 is 54.2. The van der Waals surface area contributed by atoms with E-state index in [0.717, 1.165) is 0 Å². The van der Waals surface area contributed by atoms with E-state index in [1.165, 1.54) is 0 Å². The first-order valence-electron chi connectivity index (χ1n) is 10.8. The Morgan fingerprint density at radius 1 is 1.03 bits per heavy atom. The van der Waals surface area contributed by atoms with Gasteiger partial charge in [-0.1, -0.05) is 6.92 Å². The van der Waals surface area contributed by atoms with Crippen LogP contribution in [0.1, 0.15) is 39.0 Å². The zero-order valence-electron chi connectivity index (χ0n) is 17.2. The van der Waals surface area contributed by atoms with Crippen molar-refractivity contribution in [2.24, 2.45) is 35.5 Å². The molecule has 176 valence electrons. The van der Waals surface area contributed by atoms with Crippen molar-refractivity contribution in [1.29, 1.82) is 0 Å². The number of hydrogen-bond donors (Lipinski definition) is 1. The Kier molecular flexibility index (Phi) is 5.01. The molecular weight excluding hydrogens is 448 g/mol. The molecule has 5 rings (SSSR count). The maximum atomic E-state index is 12.6. The fourth-order valence-corrected chi connectivity index (χ4v) is 6.82. The first-order chi connectivity index (χ1) is 15.0. The van der Waals surface area contributed by atoms with Gasteiger partial charge in [-0.05, 0) is 31.6 Å². The number of cyclic esters (lactones) is 1. The number of rotatable bonds is 6. The monoisotopic (exact) mass is 472 g/mol. The second-order valence-electron chi connectivity index (χ2n) is 9.62. The summed E-state index contributed by atoms with van der Waals surface area (Å²) in [6.45, 7) is 1.90. The van der Waals surface area contributed by atoms with Crippen molar-refractivity contribution in [1.82, 2.24) is 0 Å². The van der Waals surface area contributed by atoms with Gasteiger partial charge in [-0.25, -0.2) is 0 Å². The average Bonchev–Trinajstić information content (AvgIpc) is 3.40. The molecule has 12 heteroatoms. The quantitative estimate of drug-likeness (QED) is 0.320. The molecule has 2 aliphatic heterocycles. The van der Waals surface area contributed by atoms with Crippen LogP contribution in [0.5, 0.6) is 0 Å². The second-order valence-corrected chi connectivity index (χ2v) is 11.2. The zero-order valence-corrected chi connectivity index (χ0v) is 18.1. The normalized spacial score (nSPS) is 42.4. The molecule has 1 N–H and O–H groups in total. The molecular formula is C20H24O11S. The molecule has 11 nitrogen and oxygen atoms in total. The van der Waals surface area contributed by atoms with Crippen molar-refractivity contribution < 1.29 is 51.1 Å². The molecule has 0 spiro atoms. The standard InChI is InChI=1S/C20H24O11S/c1-7-2-9-5-10(7)17(22)31-20(9)28-14(21)6-13(32(25,26)27)19(24)29-15-8-3-11-12(4-8)18(23)30-16(11)15/h7-13,15-16,20H,2-6H2,1H3,(H,25,26,27). The molecule has 10 unspecified atom stereocenters. The molecule has 0 radical (unpaired) electrons. The molecule has 4 bridgehead atoms. The maximum absolute atomic E-state index is 12.6. The zero-order chi connectivity index (χ0) is 22.9. The summed E-state index contributed by atoms with van der Waals surface area (Å²) in [6.07, 6.45) is -1.36. The lowest BCUT2D eigenvalue weighted by molar-refractivity contribution is -0.207. The van der Waals surface area contributed by atoms with E-state index in [1.807, 2.05) is 6.92 Å². The van der Waals surface area contributed by atoms with Gasteiger partial charge < -0.3 is 18.9 Å². The van der Waals surface area contributed by atoms with Crippen LogP contribution in [0.15, 0.2) is 0 Å². The topological polar surface area (TPSA) is 160 Å². The van der Waals surface area contributed by atoms with Gasteiger partial charge in [0.05, 0.1) is 18.3 Å². The van der Waals surface area contributed by atoms with Crippen LogP contribution in [0.3, 0.4) is 0 Å². The van der Waals surface area contributed by atoms with E-state index < -0.39 is 58.2 Å². The number of fused-ring (bicyclic) bond motifs is 3. The number of esters is 4. The van der Waals surface area contributed by atoms with Crippen LogP contribution in [0, 0.1) is 35.5 Å². The molecule has 5 fully saturated rings. The van der Waals surface area contributed by atoms with Crippen molar-refractivity contribution in [3.63, 3.8) is 0 Å². The van der Waals surface area contributed by atoms with Crippen molar-refractivity contribution >= 4 is 34.0 Å². The predicted molar refractivity (Wildman–Crippen MR) is 101 cm³/mol. The molecule has 0 aromatic rings. The highest BCUT2D eigenvalue weighted by Crippen LogP contribution is 2.55. The van der Waals surface area contributed by atoms with Crippen molar-refractivity contribution in [2.75, 3.05) is 0 Å². The predicted octanol–water partition coefficient (Wildman–Crippen LogP) is 0.215. The molecule has 0 amide bonds. The van der Waals surface area contributed by atoms with Gasteiger partial charge in [0.2, 0.25) is 6.29 Å². The minimum atomic E-state index is -5.00. The van der Waals surface area contributed by atoms with Gasteiger partial charge in [0.25, 0.3) is 10.1 Å². The van der Waals surface area contributed by atoms with Crippen LogP contribution in [0.2, 0.25) is 0 Å². The molecule has 5 aliphatic rings. The van der Waals surface area contributed by atoms with E-state index in [9.17, 15) is 32.1 Å².